The lowest BCUT2D eigenvalue weighted by Crippen LogP contribution is -2.34. The van der Waals surface area contributed by atoms with E-state index in [1.54, 1.807) is 12.1 Å². The van der Waals surface area contributed by atoms with Gasteiger partial charge in [0.15, 0.2) is 12.5 Å². The van der Waals surface area contributed by atoms with Crippen LogP contribution in [0.1, 0.15) is 41.1 Å². The van der Waals surface area contributed by atoms with Crippen molar-refractivity contribution in [2.24, 2.45) is 0 Å². The molecule has 5 rings (SSSR count). The Morgan fingerprint density at radius 3 is 2.35 bits per heavy atom. The van der Waals surface area contributed by atoms with Gasteiger partial charge >= 0.3 is 0 Å². The second-order valence-corrected chi connectivity index (χ2v) is 13.3. The average molecular weight is 660 g/mol. The maximum Gasteiger partial charge on any atom is 0.272 e. The third-order valence-electron chi connectivity index (χ3n) is 7.03. The van der Waals surface area contributed by atoms with E-state index in [4.69, 9.17) is 44.3 Å². The van der Waals surface area contributed by atoms with Crippen molar-refractivity contribution >= 4 is 52.5 Å². The van der Waals surface area contributed by atoms with E-state index in [2.05, 4.69) is 5.32 Å². The number of aliphatic hydroxyl groups excluding tert-OH is 1. The minimum Gasteiger partial charge on any atom is -0.618 e. The Bertz CT molecular complexity index is 1530. The molecule has 3 atom stereocenters. The molecule has 1 amide bonds. The molecule has 4 aromatic rings. The predicted octanol–water partition coefficient (Wildman–Crippen LogP) is 6.80. The summed E-state index contributed by atoms with van der Waals surface area (Å²) in [6.45, 7) is 0.165. The number of thioether (sulfide) groups is 1. The highest BCUT2D eigenvalue weighted by Crippen LogP contribution is 2.40. The van der Waals surface area contributed by atoms with Crippen LogP contribution in [0.5, 0.6) is 0 Å². The number of nitrogens with zero attached hydrogens (tertiary/aromatic N) is 1. The maximum atomic E-state index is 12.2. The number of halogens is 3. The summed E-state index contributed by atoms with van der Waals surface area (Å²) in [6, 6.07) is 28.6. The Morgan fingerprint density at radius 2 is 1.65 bits per heavy atom. The highest BCUT2D eigenvalue weighted by molar-refractivity contribution is 7.99. The first-order valence-electron chi connectivity index (χ1n) is 13.6. The van der Waals surface area contributed by atoms with Crippen molar-refractivity contribution in [3.05, 3.63) is 125 Å². The highest BCUT2D eigenvalue weighted by Gasteiger charge is 2.33. The van der Waals surface area contributed by atoms with Crippen LogP contribution >= 0.6 is 46.6 Å². The molecule has 0 spiro atoms. The van der Waals surface area contributed by atoms with Gasteiger partial charge in [0.2, 0.25) is 0 Å². The molecule has 1 saturated heterocycles. The number of aliphatic hydroxyl groups is 1. The van der Waals surface area contributed by atoms with E-state index in [-0.39, 0.29) is 25.4 Å². The number of hydrogen-bond acceptors (Lipinski definition) is 6. The van der Waals surface area contributed by atoms with E-state index < -0.39 is 16.0 Å². The summed E-state index contributed by atoms with van der Waals surface area (Å²) in [6.07, 6.45) is 1.03. The predicted molar refractivity (Wildman–Crippen MR) is 169 cm³/mol. The lowest BCUT2D eigenvalue weighted by molar-refractivity contribution is -0.645. The molecule has 0 unspecified atom stereocenters. The van der Waals surface area contributed by atoms with Gasteiger partial charge in [-0.15, -0.1) is 0 Å². The highest BCUT2D eigenvalue weighted by atomic mass is 35.6. The van der Waals surface area contributed by atoms with Crippen LogP contribution in [-0.2, 0) is 27.4 Å². The van der Waals surface area contributed by atoms with Crippen LogP contribution in [0.25, 0.3) is 11.1 Å². The van der Waals surface area contributed by atoms with E-state index in [1.807, 2.05) is 78.9 Å². The Kier molecular flexibility index (Phi) is 10.5. The molecule has 2 heterocycles. The molecule has 1 aromatic heterocycles. The lowest BCUT2D eigenvalue weighted by atomic mass is 9.98. The third-order valence-corrected chi connectivity index (χ3v) is 8.69. The van der Waals surface area contributed by atoms with Crippen LogP contribution in [-0.4, -0.2) is 26.7 Å². The van der Waals surface area contributed by atoms with Gasteiger partial charge in [-0.3, -0.25) is 4.79 Å². The van der Waals surface area contributed by atoms with E-state index in [0.717, 1.165) is 38.1 Å². The summed E-state index contributed by atoms with van der Waals surface area (Å²) in [7, 11) is 0. The molecule has 0 bridgehead atoms. The van der Waals surface area contributed by atoms with Crippen molar-refractivity contribution in [1.82, 2.24) is 5.32 Å². The van der Waals surface area contributed by atoms with Crippen LogP contribution in [0.2, 0.25) is 0 Å². The van der Waals surface area contributed by atoms with Gasteiger partial charge in [0.25, 0.3) is 14.7 Å². The number of alkyl halides is 3. The molecule has 11 heteroatoms. The number of pyridine rings is 1. The van der Waals surface area contributed by atoms with Gasteiger partial charge in [0, 0.05) is 36.4 Å². The summed E-state index contributed by atoms with van der Waals surface area (Å²) >= 11 is 18.5. The summed E-state index contributed by atoms with van der Waals surface area (Å²) in [5.41, 5.74) is 5.38. The monoisotopic (exact) mass is 658 g/mol. The second-order valence-electron chi connectivity index (χ2n) is 9.99. The fraction of sp³-hybridized carbons (Fsp3) is 0.250. The van der Waals surface area contributed by atoms with Gasteiger partial charge in [0.1, 0.15) is 0 Å². The number of nitrogens with one attached hydrogen (secondary N) is 1. The van der Waals surface area contributed by atoms with Crippen molar-refractivity contribution in [3.8, 4) is 11.1 Å². The molecule has 1 aliphatic heterocycles. The van der Waals surface area contributed by atoms with E-state index in [9.17, 15) is 15.1 Å². The molecule has 43 heavy (non-hydrogen) atoms. The number of hydrogen-bond donors (Lipinski definition) is 2. The van der Waals surface area contributed by atoms with Gasteiger partial charge in [0.05, 0.1) is 18.8 Å². The fourth-order valence-corrected chi connectivity index (χ4v) is 5.91. The minimum absolute atomic E-state index is 0.0299. The van der Waals surface area contributed by atoms with E-state index in [1.165, 1.54) is 18.0 Å². The molecule has 0 aliphatic carbocycles. The van der Waals surface area contributed by atoms with Gasteiger partial charge in [-0.05, 0) is 33.9 Å². The molecule has 0 radical (unpaired) electrons. The minimum atomic E-state index is -2.04. The van der Waals surface area contributed by atoms with E-state index >= 15 is 0 Å². The summed E-state index contributed by atoms with van der Waals surface area (Å²) in [4.78, 5) is 12.1. The molecule has 1 aliphatic rings. The Balaban J connectivity index is 1.35. The zero-order valence-electron chi connectivity index (χ0n) is 22.9. The number of aromatic nitrogens is 1. The first-order valence-corrected chi connectivity index (χ1v) is 15.7. The maximum absolute atomic E-state index is 12.2. The van der Waals surface area contributed by atoms with Gasteiger partial charge in [-0.2, -0.15) is 4.73 Å². The fourth-order valence-electron chi connectivity index (χ4n) is 4.78. The largest absolute Gasteiger partial charge is 0.618 e. The number of benzene rings is 3. The summed E-state index contributed by atoms with van der Waals surface area (Å²) in [5, 5.41) is 24.9. The zero-order chi connectivity index (χ0) is 30.4. The van der Waals surface area contributed by atoms with Crippen molar-refractivity contribution in [1.29, 1.82) is 0 Å². The standard InChI is InChI=1S/C32H29Cl3N2O5S/c33-32(34,35)31(39)36-18-25-5-1-2-6-27(25)22-12-14-24(15-13-22)30-41-26(20-43-29-7-3-4-16-37(29)40)17-28(42-30)23-10-8-21(19-38)9-11-23/h1-16,26,28,30,38H,17-20H2,(H,36,39)/t26-,28+,30+/m1/s1. The SMILES string of the molecule is O=C(NCc1ccccc1-c1ccc([C@H]2O[C@@H](CSc3cccc[n+]3[O-])C[C@@H](c3ccc(CO)cc3)O2)cc1)C(Cl)(Cl)Cl. The van der Waals surface area contributed by atoms with Crippen LogP contribution < -0.4 is 10.0 Å². The smallest absolute Gasteiger partial charge is 0.272 e. The molecule has 7 nitrogen and oxygen atoms in total. The van der Waals surface area contributed by atoms with Crippen molar-refractivity contribution in [3.63, 3.8) is 0 Å². The summed E-state index contributed by atoms with van der Waals surface area (Å²) < 4.78 is 11.7. The van der Waals surface area contributed by atoms with Crippen LogP contribution in [0.3, 0.4) is 0 Å². The average Bonchev–Trinajstić information content (AvgIpc) is 3.03. The van der Waals surface area contributed by atoms with Gasteiger partial charge < -0.3 is 25.1 Å². The number of carbonyl (C=O) groups is 1. The number of amides is 1. The van der Waals surface area contributed by atoms with Crippen LogP contribution in [0.15, 0.2) is 102 Å². The summed E-state index contributed by atoms with van der Waals surface area (Å²) in [5.74, 6) is -0.122. The molecular formula is C32H29Cl3N2O5S. The Morgan fingerprint density at radius 1 is 0.953 bits per heavy atom. The number of ether oxygens (including phenoxy) is 2. The van der Waals surface area contributed by atoms with E-state index in [0.29, 0.717) is 17.2 Å². The number of rotatable bonds is 9. The first-order chi connectivity index (χ1) is 20.7. The normalized spacial score (nSPS) is 18.7. The Labute approximate surface area is 269 Å². The zero-order valence-corrected chi connectivity index (χ0v) is 26.0. The third kappa shape index (κ3) is 8.22. The molecule has 3 aromatic carbocycles. The van der Waals surface area contributed by atoms with Crippen molar-refractivity contribution in [2.45, 2.75) is 46.9 Å². The first kappa shape index (κ1) is 31.6. The number of carbonyl (C=O) groups excluding carboxylic acids is 1. The van der Waals surface area contributed by atoms with Crippen LogP contribution in [0.4, 0.5) is 0 Å². The quantitative estimate of drug-likeness (QED) is 0.0888. The molecule has 0 saturated carbocycles. The lowest BCUT2D eigenvalue weighted by Gasteiger charge is -2.36. The van der Waals surface area contributed by atoms with Crippen LogP contribution in [0, 0.1) is 5.21 Å². The molecule has 1 fully saturated rings. The molecule has 224 valence electrons. The Hall–Kier alpha value is -2.82. The molecular weight excluding hydrogens is 631 g/mol. The van der Waals surface area contributed by atoms with Gasteiger partial charge in [-0.1, -0.05) is 119 Å². The second kappa shape index (κ2) is 14.3. The van der Waals surface area contributed by atoms with Gasteiger partial charge in [-0.25, -0.2) is 0 Å². The van der Waals surface area contributed by atoms with Crippen molar-refractivity contribution < 1.29 is 24.1 Å². The van der Waals surface area contributed by atoms with Crippen molar-refractivity contribution in [2.75, 3.05) is 5.75 Å². The molecule has 2 N–H and O–H groups in total. The topological polar surface area (TPSA) is 94.7 Å².